The van der Waals surface area contributed by atoms with Gasteiger partial charge < -0.3 is 15.4 Å². The average molecular weight is 402 g/mol. The maximum Gasteiger partial charge on any atom is 0.325 e. The molecule has 1 aliphatic heterocycles. The number of urea groups is 1. The highest BCUT2D eigenvalue weighted by atomic mass is 32.1. The van der Waals surface area contributed by atoms with Gasteiger partial charge in [-0.3, -0.25) is 14.5 Å². The number of carbonyl (C=O) groups is 3. The molecule has 1 saturated heterocycles. The number of ether oxygens (including phenoxy) is 1. The molecule has 4 amide bonds. The van der Waals surface area contributed by atoms with Crippen molar-refractivity contribution >= 4 is 29.2 Å². The van der Waals surface area contributed by atoms with E-state index in [2.05, 4.69) is 15.6 Å². The summed E-state index contributed by atoms with van der Waals surface area (Å²) < 4.78 is 5.15. The van der Waals surface area contributed by atoms with Crippen molar-refractivity contribution in [3.05, 3.63) is 34.7 Å². The number of hydrogen-bond donors (Lipinski definition) is 2. The maximum absolute atomic E-state index is 12.1. The van der Waals surface area contributed by atoms with Crippen LogP contribution in [0.5, 0.6) is 5.75 Å². The van der Waals surface area contributed by atoms with Crippen LogP contribution in [0.3, 0.4) is 0 Å². The lowest BCUT2D eigenvalue weighted by molar-refractivity contribution is -0.134. The molecule has 0 spiro atoms. The molecular weight excluding hydrogens is 380 g/mol. The normalized spacial score (nSPS) is 15.5. The van der Waals surface area contributed by atoms with Gasteiger partial charge in [-0.1, -0.05) is 0 Å². The minimum Gasteiger partial charge on any atom is -0.497 e. The van der Waals surface area contributed by atoms with E-state index in [-0.39, 0.29) is 12.5 Å². The van der Waals surface area contributed by atoms with Crippen LogP contribution in [0.25, 0.3) is 11.3 Å². The molecule has 0 unspecified atom stereocenters. The Morgan fingerprint density at radius 2 is 2.00 bits per heavy atom. The van der Waals surface area contributed by atoms with Gasteiger partial charge in [0.15, 0.2) is 0 Å². The number of carbonyl (C=O) groups excluding carboxylic acids is 3. The Morgan fingerprint density at radius 3 is 2.61 bits per heavy atom. The lowest BCUT2D eigenvalue weighted by atomic mass is 10.1. The van der Waals surface area contributed by atoms with E-state index in [1.54, 1.807) is 21.0 Å². The van der Waals surface area contributed by atoms with Crippen LogP contribution < -0.4 is 15.4 Å². The number of nitrogens with one attached hydrogen (secondary N) is 2. The van der Waals surface area contributed by atoms with E-state index in [1.165, 1.54) is 11.3 Å². The summed E-state index contributed by atoms with van der Waals surface area (Å²) in [5.74, 6) is 0.000287. The second-order valence-electron chi connectivity index (χ2n) is 6.90. The van der Waals surface area contributed by atoms with E-state index < -0.39 is 17.5 Å². The number of amides is 4. The Bertz CT molecular complexity index is 892. The Balaban J connectivity index is 1.49. The Labute approximate surface area is 166 Å². The molecule has 3 rings (SSSR count). The van der Waals surface area contributed by atoms with Gasteiger partial charge in [-0.2, -0.15) is 0 Å². The van der Waals surface area contributed by atoms with Gasteiger partial charge in [0.1, 0.15) is 17.8 Å². The molecule has 1 aromatic heterocycles. The third-order valence-electron chi connectivity index (χ3n) is 4.34. The van der Waals surface area contributed by atoms with Gasteiger partial charge in [-0.15, -0.1) is 11.3 Å². The van der Waals surface area contributed by atoms with Crippen molar-refractivity contribution in [2.45, 2.75) is 25.8 Å². The number of nitrogens with zero attached hydrogens (tertiary/aromatic N) is 2. The molecule has 28 heavy (non-hydrogen) atoms. The lowest BCUT2D eigenvalue weighted by Gasteiger charge is -2.15. The third-order valence-corrected chi connectivity index (χ3v) is 5.25. The molecule has 148 valence electrons. The molecule has 8 nitrogen and oxygen atoms in total. The van der Waals surface area contributed by atoms with E-state index in [9.17, 15) is 14.4 Å². The van der Waals surface area contributed by atoms with Gasteiger partial charge in [-0.25, -0.2) is 9.78 Å². The van der Waals surface area contributed by atoms with E-state index in [0.717, 1.165) is 26.9 Å². The van der Waals surface area contributed by atoms with Crippen LogP contribution in [0.4, 0.5) is 4.79 Å². The molecule has 2 heterocycles. The fraction of sp³-hybridized carbons (Fsp3) is 0.368. The number of benzene rings is 1. The quantitative estimate of drug-likeness (QED) is 0.688. The molecule has 0 radical (unpaired) electrons. The fourth-order valence-corrected chi connectivity index (χ4v) is 3.60. The van der Waals surface area contributed by atoms with Crippen LogP contribution in [-0.2, 0) is 16.0 Å². The first-order valence-corrected chi connectivity index (χ1v) is 9.68. The van der Waals surface area contributed by atoms with Crippen molar-refractivity contribution in [1.82, 2.24) is 20.5 Å². The second-order valence-corrected chi connectivity index (χ2v) is 7.84. The van der Waals surface area contributed by atoms with Crippen LogP contribution in [0.15, 0.2) is 29.6 Å². The summed E-state index contributed by atoms with van der Waals surface area (Å²) in [6.07, 6.45) is 0.568. The van der Waals surface area contributed by atoms with Crippen molar-refractivity contribution in [1.29, 1.82) is 0 Å². The van der Waals surface area contributed by atoms with E-state index in [1.807, 2.05) is 29.6 Å². The van der Waals surface area contributed by atoms with Gasteiger partial charge in [0, 0.05) is 23.9 Å². The zero-order valence-corrected chi connectivity index (χ0v) is 16.8. The Hall–Kier alpha value is -2.94. The molecule has 1 aliphatic rings. The monoisotopic (exact) mass is 402 g/mol. The van der Waals surface area contributed by atoms with Crippen molar-refractivity contribution in [3.8, 4) is 17.0 Å². The molecule has 0 saturated carbocycles. The summed E-state index contributed by atoms with van der Waals surface area (Å²) in [5, 5.41) is 8.13. The maximum atomic E-state index is 12.1. The predicted molar refractivity (Wildman–Crippen MR) is 105 cm³/mol. The number of imide groups is 1. The van der Waals surface area contributed by atoms with E-state index >= 15 is 0 Å². The average Bonchev–Trinajstić information content (AvgIpc) is 3.20. The van der Waals surface area contributed by atoms with Gasteiger partial charge >= 0.3 is 6.03 Å². The summed E-state index contributed by atoms with van der Waals surface area (Å²) in [6.45, 7) is 3.30. The summed E-state index contributed by atoms with van der Waals surface area (Å²) in [4.78, 5) is 41.5. The Morgan fingerprint density at radius 1 is 1.29 bits per heavy atom. The number of rotatable bonds is 7. The van der Waals surface area contributed by atoms with Gasteiger partial charge in [0.25, 0.3) is 5.91 Å². The van der Waals surface area contributed by atoms with Crippen molar-refractivity contribution in [3.63, 3.8) is 0 Å². The highest BCUT2D eigenvalue weighted by Gasteiger charge is 2.44. The van der Waals surface area contributed by atoms with Crippen molar-refractivity contribution in [2.75, 3.05) is 20.2 Å². The lowest BCUT2D eigenvalue weighted by Crippen LogP contribution is -2.43. The first kappa shape index (κ1) is 19.8. The first-order chi connectivity index (χ1) is 13.3. The molecular formula is C19H22N4O4S. The standard InChI is InChI=1S/C19H22N4O4S/c1-19(2)17(25)23(18(26)22-19)10-15(24)20-9-8-16-21-14(11-28-16)12-4-6-13(27-3)7-5-12/h4-7,11H,8-10H2,1-3H3,(H,20,24)(H,22,26). The van der Waals surface area contributed by atoms with Gasteiger partial charge in [0.2, 0.25) is 5.91 Å². The second kappa shape index (κ2) is 7.97. The SMILES string of the molecule is COc1ccc(-c2csc(CCNC(=O)CN3C(=O)NC(C)(C)C3=O)n2)cc1. The predicted octanol–water partition coefficient (Wildman–Crippen LogP) is 1.81. The number of aromatic nitrogens is 1. The van der Waals surface area contributed by atoms with Gasteiger partial charge in [-0.05, 0) is 38.1 Å². The highest BCUT2D eigenvalue weighted by Crippen LogP contribution is 2.24. The van der Waals surface area contributed by atoms with Crippen LogP contribution in [0, 0.1) is 0 Å². The summed E-state index contributed by atoms with van der Waals surface area (Å²) >= 11 is 1.52. The molecule has 0 bridgehead atoms. The van der Waals surface area contributed by atoms with E-state index in [0.29, 0.717) is 13.0 Å². The van der Waals surface area contributed by atoms with Crippen LogP contribution in [0.2, 0.25) is 0 Å². The van der Waals surface area contributed by atoms with Crippen molar-refractivity contribution < 1.29 is 19.1 Å². The highest BCUT2D eigenvalue weighted by molar-refractivity contribution is 7.09. The number of thiazole rings is 1. The molecule has 2 aromatic rings. The molecule has 0 atom stereocenters. The van der Waals surface area contributed by atoms with Crippen LogP contribution in [-0.4, -0.2) is 53.5 Å². The smallest absolute Gasteiger partial charge is 0.325 e. The summed E-state index contributed by atoms with van der Waals surface area (Å²) in [6, 6.07) is 7.10. The van der Waals surface area contributed by atoms with Crippen molar-refractivity contribution in [2.24, 2.45) is 0 Å². The zero-order valence-electron chi connectivity index (χ0n) is 15.9. The fourth-order valence-electron chi connectivity index (χ4n) is 2.79. The number of hydrogen-bond acceptors (Lipinski definition) is 6. The molecule has 9 heteroatoms. The summed E-state index contributed by atoms with van der Waals surface area (Å²) in [7, 11) is 1.62. The minimum absolute atomic E-state index is 0.289. The minimum atomic E-state index is -0.976. The van der Waals surface area contributed by atoms with Gasteiger partial charge in [0.05, 0.1) is 17.8 Å². The van der Waals surface area contributed by atoms with E-state index in [4.69, 9.17) is 4.74 Å². The van der Waals surface area contributed by atoms with Crippen LogP contribution >= 0.6 is 11.3 Å². The molecule has 0 aliphatic carbocycles. The first-order valence-electron chi connectivity index (χ1n) is 8.80. The number of methoxy groups -OCH3 is 1. The summed E-state index contributed by atoms with van der Waals surface area (Å²) in [5.41, 5.74) is 0.889. The largest absolute Gasteiger partial charge is 0.497 e. The van der Waals surface area contributed by atoms with Crippen LogP contribution in [0.1, 0.15) is 18.9 Å². The molecule has 1 fully saturated rings. The zero-order chi connectivity index (χ0) is 20.3. The Kier molecular flexibility index (Phi) is 5.64. The molecule has 2 N–H and O–H groups in total. The molecule has 1 aromatic carbocycles. The topological polar surface area (TPSA) is 101 Å². The third kappa shape index (κ3) is 4.30.